The Labute approximate surface area is 251 Å². The number of ether oxygens (including phenoxy) is 1. The number of aromatic nitrogens is 3. The molecular formula is C32H36N8O3. The number of carbonyl (C=O) groups is 2. The maximum absolute atomic E-state index is 13.0. The third-order valence-corrected chi connectivity index (χ3v) is 6.76. The van der Waals surface area contributed by atoms with Crippen molar-refractivity contribution in [3.63, 3.8) is 0 Å². The average molecular weight is 581 g/mol. The first-order valence-corrected chi connectivity index (χ1v) is 14.2. The molecule has 11 heteroatoms. The quantitative estimate of drug-likeness (QED) is 0.214. The molecule has 3 N–H and O–H groups in total. The van der Waals surface area contributed by atoms with Crippen molar-refractivity contribution in [2.24, 2.45) is 4.99 Å². The van der Waals surface area contributed by atoms with Crippen LogP contribution in [0.4, 0.5) is 16.3 Å². The number of nitrogens with zero attached hydrogens (tertiary/aromatic N) is 5. The Morgan fingerprint density at radius 3 is 2.33 bits per heavy atom. The van der Waals surface area contributed by atoms with Crippen molar-refractivity contribution in [2.45, 2.75) is 32.6 Å². The lowest BCUT2D eigenvalue weighted by Crippen LogP contribution is -2.28. The van der Waals surface area contributed by atoms with Crippen molar-refractivity contribution >= 4 is 29.8 Å². The number of hydrogen-bond acceptors (Lipinski definition) is 7. The largest absolute Gasteiger partial charge is 0.457 e. The number of hydrogen-bond donors (Lipinski definition) is 3. The summed E-state index contributed by atoms with van der Waals surface area (Å²) < 4.78 is 7.46. The summed E-state index contributed by atoms with van der Waals surface area (Å²) in [5.74, 6) is 1.68. The minimum Gasteiger partial charge on any atom is -0.457 e. The monoisotopic (exact) mass is 580 g/mol. The van der Waals surface area contributed by atoms with E-state index in [-0.39, 0.29) is 11.3 Å². The fourth-order valence-corrected chi connectivity index (χ4v) is 4.39. The molecule has 43 heavy (non-hydrogen) atoms. The standard InChI is InChI=1S/C32H36N8O3/c1-32(2,3)28-21-29(37-31(42)36-24-7-11-26(12-8-24)43-27-13-16-33-17-14-27)40(38-28)25-9-5-23(6-10-25)30(41)35-15-4-19-39-20-18-34-22-39/h5-14,16-17,21-22H,4,15,18-20H2,1-3H3,(H,35,41)(H2,36,37,42). The van der Waals surface area contributed by atoms with Gasteiger partial charge in [0.1, 0.15) is 17.3 Å². The summed E-state index contributed by atoms with van der Waals surface area (Å²) in [5, 5.41) is 13.5. The average Bonchev–Trinajstić information content (AvgIpc) is 3.67. The van der Waals surface area contributed by atoms with E-state index in [1.54, 1.807) is 65.6 Å². The van der Waals surface area contributed by atoms with E-state index >= 15 is 0 Å². The Balaban J connectivity index is 1.22. The van der Waals surface area contributed by atoms with Gasteiger partial charge in [-0.1, -0.05) is 20.8 Å². The van der Waals surface area contributed by atoms with Gasteiger partial charge >= 0.3 is 6.03 Å². The fourth-order valence-electron chi connectivity index (χ4n) is 4.39. The maximum atomic E-state index is 13.0. The molecule has 5 rings (SSSR count). The van der Waals surface area contributed by atoms with Gasteiger partial charge in [-0.2, -0.15) is 5.10 Å². The summed E-state index contributed by atoms with van der Waals surface area (Å²) in [4.78, 5) is 36.0. The third-order valence-electron chi connectivity index (χ3n) is 6.76. The second kappa shape index (κ2) is 13.2. The molecule has 4 aromatic rings. The summed E-state index contributed by atoms with van der Waals surface area (Å²) in [6.45, 7) is 9.41. The van der Waals surface area contributed by atoms with Gasteiger partial charge in [0.25, 0.3) is 5.91 Å². The lowest BCUT2D eigenvalue weighted by Gasteiger charge is -2.14. The lowest BCUT2D eigenvalue weighted by molar-refractivity contribution is 0.0952. The molecule has 2 aromatic carbocycles. The molecule has 0 spiro atoms. The number of urea groups is 1. The normalized spacial score (nSPS) is 12.7. The van der Waals surface area contributed by atoms with Gasteiger partial charge in [0.2, 0.25) is 0 Å². The predicted molar refractivity (Wildman–Crippen MR) is 168 cm³/mol. The third kappa shape index (κ3) is 7.97. The number of aliphatic imine (C=N–C) groups is 1. The van der Waals surface area contributed by atoms with Crippen molar-refractivity contribution in [1.29, 1.82) is 0 Å². The summed E-state index contributed by atoms with van der Waals surface area (Å²) in [7, 11) is 0. The second-order valence-corrected chi connectivity index (χ2v) is 11.2. The van der Waals surface area contributed by atoms with Crippen molar-refractivity contribution in [1.82, 2.24) is 25.0 Å². The first kappa shape index (κ1) is 29.3. The molecule has 1 aliphatic rings. The smallest absolute Gasteiger partial charge is 0.324 e. The van der Waals surface area contributed by atoms with Crippen molar-refractivity contribution in [2.75, 3.05) is 36.8 Å². The minimum absolute atomic E-state index is 0.132. The summed E-state index contributed by atoms with van der Waals surface area (Å²) in [5.41, 5.74) is 2.44. The zero-order valence-electron chi connectivity index (χ0n) is 24.6. The van der Waals surface area contributed by atoms with E-state index < -0.39 is 6.03 Å². The highest BCUT2D eigenvalue weighted by molar-refractivity contribution is 5.99. The fraction of sp³-hybridized carbons (Fsp3) is 0.281. The summed E-state index contributed by atoms with van der Waals surface area (Å²) in [6, 6.07) is 19.2. The number of anilines is 2. The first-order chi connectivity index (χ1) is 20.7. The SMILES string of the molecule is CC(C)(C)c1cc(NC(=O)Nc2ccc(Oc3ccncc3)cc2)n(-c2ccc(C(=O)NCCCN3C=NCC3)cc2)n1. The number of carbonyl (C=O) groups excluding carboxylic acids is 2. The van der Waals surface area contributed by atoms with Gasteiger partial charge in [-0.05, 0) is 67.1 Å². The van der Waals surface area contributed by atoms with Gasteiger partial charge in [0, 0.05) is 54.8 Å². The van der Waals surface area contributed by atoms with Crippen molar-refractivity contribution < 1.29 is 14.3 Å². The van der Waals surface area contributed by atoms with Crippen molar-refractivity contribution in [3.05, 3.63) is 90.4 Å². The summed E-state index contributed by atoms with van der Waals surface area (Å²) >= 11 is 0. The molecule has 0 saturated heterocycles. The molecular weight excluding hydrogens is 544 g/mol. The van der Waals surface area contributed by atoms with Crippen LogP contribution in [0.25, 0.3) is 5.69 Å². The molecule has 3 heterocycles. The van der Waals surface area contributed by atoms with E-state index in [4.69, 9.17) is 9.84 Å². The minimum atomic E-state index is -0.416. The molecule has 222 valence electrons. The van der Waals surface area contributed by atoms with Gasteiger partial charge in [0.15, 0.2) is 0 Å². The molecule has 0 radical (unpaired) electrons. The van der Waals surface area contributed by atoms with Crippen LogP contribution in [-0.4, -0.2) is 64.1 Å². The Morgan fingerprint density at radius 2 is 1.65 bits per heavy atom. The Morgan fingerprint density at radius 1 is 0.930 bits per heavy atom. The zero-order chi connectivity index (χ0) is 30.2. The maximum Gasteiger partial charge on any atom is 0.324 e. The molecule has 2 aromatic heterocycles. The van der Waals surface area contributed by atoms with Gasteiger partial charge in [0.05, 0.1) is 24.3 Å². The van der Waals surface area contributed by atoms with Crippen molar-refractivity contribution in [3.8, 4) is 17.2 Å². The highest BCUT2D eigenvalue weighted by Crippen LogP contribution is 2.27. The van der Waals surface area contributed by atoms with Crippen LogP contribution in [0.1, 0.15) is 43.2 Å². The Bertz CT molecular complexity index is 1560. The van der Waals surface area contributed by atoms with E-state index in [1.807, 2.05) is 24.5 Å². The van der Waals surface area contributed by atoms with Gasteiger partial charge < -0.3 is 20.3 Å². The zero-order valence-corrected chi connectivity index (χ0v) is 24.6. The summed E-state index contributed by atoms with van der Waals surface area (Å²) in [6.07, 6.45) is 6.03. The molecule has 0 fully saturated rings. The van der Waals surface area contributed by atoms with E-state index in [2.05, 4.69) is 51.6 Å². The molecule has 0 aliphatic carbocycles. The highest BCUT2D eigenvalue weighted by Gasteiger charge is 2.22. The van der Waals surface area contributed by atoms with Crippen LogP contribution in [0.3, 0.4) is 0 Å². The number of nitrogens with one attached hydrogen (secondary N) is 3. The number of benzene rings is 2. The van der Waals surface area contributed by atoms with Crippen LogP contribution < -0.4 is 20.7 Å². The Kier molecular flexibility index (Phi) is 8.99. The first-order valence-electron chi connectivity index (χ1n) is 14.2. The molecule has 3 amide bonds. The molecule has 0 unspecified atom stereocenters. The van der Waals surface area contributed by atoms with Gasteiger partial charge in [-0.15, -0.1) is 0 Å². The number of amides is 3. The number of rotatable bonds is 10. The van der Waals surface area contributed by atoms with E-state index in [9.17, 15) is 9.59 Å². The second-order valence-electron chi connectivity index (χ2n) is 11.2. The van der Waals surface area contributed by atoms with Gasteiger partial charge in [-0.25, -0.2) is 9.48 Å². The van der Waals surface area contributed by atoms with E-state index in [0.717, 1.165) is 31.7 Å². The molecule has 11 nitrogen and oxygen atoms in total. The Hall–Kier alpha value is -5.19. The van der Waals surface area contributed by atoms with Crippen LogP contribution in [0.5, 0.6) is 11.5 Å². The molecule has 0 saturated carbocycles. The van der Waals surface area contributed by atoms with Crippen LogP contribution in [-0.2, 0) is 5.41 Å². The molecule has 0 atom stereocenters. The lowest BCUT2D eigenvalue weighted by atomic mass is 9.92. The highest BCUT2D eigenvalue weighted by atomic mass is 16.5. The van der Waals surface area contributed by atoms with Crippen LogP contribution >= 0.6 is 0 Å². The van der Waals surface area contributed by atoms with Crippen LogP contribution in [0.15, 0.2) is 84.1 Å². The van der Waals surface area contributed by atoms with E-state index in [0.29, 0.717) is 40.8 Å². The predicted octanol–water partition coefficient (Wildman–Crippen LogP) is 5.46. The number of pyridine rings is 1. The molecule has 0 bridgehead atoms. The van der Waals surface area contributed by atoms with Crippen LogP contribution in [0, 0.1) is 0 Å². The van der Waals surface area contributed by atoms with Crippen LogP contribution in [0.2, 0.25) is 0 Å². The van der Waals surface area contributed by atoms with Gasteiger partial charge in [-0.3, -0.25) is 20.1 Å². The molecule has 1 aliphatic heterocycles. The van der Waals surface area contributed by atoms with E-state index in [1.165, 1.54) is 0 Å². The topological polar surface area (TPSA) is 126 Å².